The van der Waals surface area contributed by atoms with E-state index in [0.29, 0.717) is 18.7 Å². The molecule has 0 unspecified atom stereocenters. The zero-order valence-corrected chi connectivity index (χ0v) is 12.8. The molecule has 21 heavy (non-hydrogen) atoms. The first-order valence-electron chi connectivity index (χ1n) is 6.77. The van der Waals surface area contributed by atoms with Gasteiger partial charge >= 0.3 is 5.97 Å². The molecule has 0 saturated carbocycles. The van der Waals surface area contributed by atoms with Gasteiger partial charge < -0.3 is 9.64 Å². The first-order valence-corrected chi connectivity index (χ1v) is 6.77. The average molecular weight is 287 g/mol. The van der Waals surface area contributed by atoms with Gasteiger partial charge in [-0.2, -0.15) is 0 Å². The number of carbonyl (C=O) groups excluding carboxylic acids is 2. The van der Waals surface area contributed by atoms with Crippen LogP contribution in [0.1, 0.15) is 29.8 Å². The van der Waals surface area contributed by atoms with Crippen molar-refractivity contribution in [2.24, 2.45) is 0 Å². The molecule has 0 spiro atoms. The lowest BCUT2D eigenvalue weighted by Crippen LogP contribution is -2.30. The van der Waals surface area contributed by atoms with Gasteiger partial charge in [0.05, 0.1) is 12.7 Å². The van der Waals surface area contributed by atoms with Crippen LogP contribution in [0.2, 0.25) is 0 Å². The van der Waals surface area contributed by atoms with Crippen LogP contribution in [0.15, 0.2) is 42.5 Å². The maximum atomic E-state index is 12.0. The summed E-state index contributed by atoms with van der Waals surface area (Å²) >= 11 is 0. The average Bonchev–Trinajstić information content (AvgIpc) is 2.49. The summed E-state index contributed by atoms with van der Waals surface area (Å²) in [4.78, 5) is 25.1. The Kier molecular flexibility index (Phi) is 6.40. The fraction of sp³-hybridized carbons (Fsp3) is 0.294. The molecule has 0 aliphatic rings. The van der Waals surface area contributed by atoms with Crippen LogP contribution in [0, 0.1) is 0 Å². The Hall–Kier alpha value is -2.36. The molecule has 0 atom stereocenters. The Morgan fingerprint density at radius 1 is 1.29 bits per heavy atom. The van der Waals surface area contributed by atoms with E-state index in [0.717, 1.165) is 11.1 Å². The second kappa shape index (κ2) is 8.04. The van der Waals surface area contributed by atoms with Gasteiger partial charge in [-0.25, -0.2) is 4.79 Å². The largest absolute Gasteiger partial charge is 0.465 e. The van der Waals surface area contributed by atoms with Crippen LogP contribution < -0.4 is 0 Å². The van der Waals surface area contributed by atoms with Crippen molar-refractivity contribution in [1.29, 1.82) is 0 Å². The molecule has 1 aromatic carbocycles. The Labute approximate surface area is 125 Å². The molecular weight excluding hydrogens is 266 g/mol. The Morgan fingerprint density at radius 3 is 2.38 bits per heavy atom. The zero-order valence-electron chi connectivity index (χ0n) is 12.8. The van der Waals surface area contributed by atoms with Gasteiger partial charge in [0, 0.05) is 19.2 Å². The Morgan fingerprint density at radius 2 is 1.90 bits per heavy atom. The van der Waals surface area contributed by atoms with Crippen LogP contribution in [-0.2, 0) is 9.53 Å². The summed E-state index contributed by atoms with van der Waals surface area (Å²) in [5.41, 5.74) is 2.28. The molecule has 1 rings (SSSR count). The molecule has 0 radical (unpaired) electrons. The van der Waals surface area contributed by atoms with Crippen molar-refractivity contribution in [3.8, 4) is 0 Å². The Bertz CT molecular complexity index is 544. The fourth-order valence-corrected chi connectivity index (χ4v) is 1.79. The van der Waals surface area contributed by atoms with E-state index in [1.165, 1.54) is 13.2 Å². The van der Waals surface area contributed by atoms with E-state index in [1.54, 1.807) is 35.2 Å². The highest BCUT2D eigenvalue weighted by Gasteiger charge is 2.08. The molecular formula is C17H21NO3. The number of benzene rings is 1. The van der Waals surface area contributed by atoms with Crippen molar-refractivity contribution in [2.75, 3.05) is 20.2 Å². The molecule has 112 valence electrons. The normalized spacial score (nSPS) is 10.4. The molecule has 4 heteroatoms. The number of esters is 1. The molecule has 1 aromatic rings. The molecule has 0 fully saturated rings. The van der Waals surface area contributed by atoms with E-state index in [4.69, 9.17) is 0 Å². The molecule has 0 N–H and O–H groups in total. The fourth-order valence-electron chi connectivity index (χ4n) is 1.79. The number of hydrogen-bond donors (Lipinski definition) is 0. The summed E-state index contributed by atoms with van der Waals surface area (Å²) in [6, 6.07) is 6.87. The van der Waals surface area contributed by atoms with Crippen LogP contribution in [0.4, 0.5) is 0 Å². The highest BCUT2D eigenvalue weighted by Crippen LogP contribution is 2.08. The third kappa shape index (κ3) is 5.26. The van der Waals surface area contributed by atoms with Gasteiger partial charge in [-0.3, -0.25) is 4.79 Å². The second-order valence-corrected chi connectivity index (χ2v) is 4.76. The minimum absolute atomic E-state index is 0.0578. The van der Waals surface area contributed by atoms with Crippen molar-refractivity contribution >= 4 is 18.0 Å². The van der Waals surface area contributed by atoms with E-state index in [1.807, 2.05) is 13.8 Å². The molecule has 0 aliphatic carbocycles. The highest BCUT2D eigenvalue weighted by molar-refractivity contribution is 5.92. The lowest BCUT2D eigenvalue weighted by atomic mass is 10.1. The van der Waals surface area contributed by atoms with E-state index >= 15 is 0 Å². The number of hydrogen-bond acceptors (Lipinski definition) is 3. The lowest BCUT2D eigenvalue weighted by Gasteiger charge is -2.18. The number of rotatable bonds is 6. The summed E-state index contributed by atoms with van der Waals surface area (Å²) in [5, 5.41) is 0. The standard InChI is InChI=1S/C17H21NO3/c1-5-18(12-13(2)3)16(19)11-8-14-6-9-15(10-7-14)17(20)21-4/h6-11H,2,5,12H2,1,3-4H3/b11-8+. The van der Waals surface area contributed by atoms with E-state index in [9.17, 15) is 9.59 Å². The van der Waals surface area contributed by atoms with E-state index in [-0.39, 0.29) is 11.9 Å². The first kappa shape index (κ1) is 16.7. The number of nitrogens with zero attached hydrogens (tertiary/aromatic N) is 1. The van der Waals surface area contributed by atoms with E-state index in [2.05, 4.69) is 11.3 Å². The third-order valence-electron chi connectivity index (χ3n) is 2.90. The summed E-state index contributed by atoms with van der Waals surface area (Å²) in [6.45, 7) is 8.83. The second-order valence-electron chi connectivity index (χ2n) is 4.76. The number of amides is 1. The third-order valence-corrected chi connectivity index (χ3v) is 2.90. The quantitative estimate of drug-likeness (QED) is 0.459. The number of methoxy groups -OCH3 is 1. The van der Waals surface area contributed by atoms with Crippen molar-refractivity contribution < 1.29 is 14.3 Å². The molecule has 0 aromatic heterocycles. The van der Waals surface area contributed by atoms with Crippen molar-refractivity contribution in [3.63, 3.8) is 0 Å². The van der Waals surface area contributed by atoms with Crippen LogP contribution in [-0.4, -0.2) is 37.0 Å². The summed E-state index contributed by atoms with van der Waals surface area (Å²) in [6.07, 6.45) is 3.25. The number of carbonyl (C=O) groups is 2. The van der Waals surface area contributed by atoms with Gasteiger partial charge in [-0.05, 0) is 37.6 Å². The topological polar surface area (TPSA) is 46.6 Å². The first-order chi connectivity index (χ1) is 9.97. The van der Waals surface area contributed by atoms with Crippen molar-refractivity contribution in [2.45, 2.75) is 13.8 Å². The molecule has 0 aliphatic heterocycles. The summed E-state index contributed by atoms with van der Waals surface area (Å²) in [5.74, 6) is -0.433. The molecule has 0 bridgehead atoms. The summed E-state index contributed by atoms with van der Waals surface area (Å²) < 4.78 is 4.63. The van der Waals surface area contributed by atoms with Gasteiger partial charge in [-0.15, -0.1) is 0 Å². The molecule has 0 saturated heterocycles. The van der Waals surface area contributed by atoms with Gasteiger partial charge in [0.2, 0.25) is 5.91 Å². The van der Waals surface area contributed by atoms with Crippen LogP contribution in [0.25, 0.3) is 6.08 Å². The van der Waals surface area contributed by atoms with Gasteiger partial charge in [0.15, 0.2) is 0 Å². The van der Waals surface area contributed by atoms with Crippen molar-refractivity contribution in [3.05, 3.63) is 53.6 Å². The van der Waals surface area contributed by atoms with Gasteiger partial charge in [-0.1, -0.05) is 24.3 Å². The van der Waals surface area contributed by atoms with Crippen molar-refractivity contribution in [1.82, 2.24) is 4.90 Å². The Balaban J connectivity index is 2.73. The zero-order chi connectivity index (χ0) is 15.8. The van der Waals surface area contributed by atoms with Crippen LogP contribution in [0.3, 0.4) is 0 Å². The van der Waals surface area contributed by atoms with E-state index < -0.39 is 0 Å². The minimum Gasteiger partial charge on any atom is -0.465 e. The smallest absolute Gasteiger partial charge is 0.337 e. The molecule has 1 amide bonds. The predicted octanol–water partition coefficient (Wildman–Crippen LogP) is 2.91. The van der Waals surface area contributed by atoms with Crippen LogP contribution in [0.5, 0.6) is 0 Å². The minimum atomic E-state index is -0.375. The monoisotopic (exact) mass is 287 g/mol. The van der Waals surface area contributed by atoms with Gasteiger partial charge in [0.1, 0.15) is 0 Å². The maximum absolute atomic E-state index is 12.0. The maximum Gasteiger partial charge on any atom is 0.337 e. The molecule has 0 heterocycles. The SMILES string of the molecule is C=C(C)CN(CC)C(=O)/C=C/c1ccc(C(=O)OC)cc1. The lowest BCUT2D eigenvalue weighted by molar-refractivity contribution is -0.125. The number of likely N-dealkylation sites (N-methyl/N-ethyl adjacent to an activating group) is 1. The number of ether oxygens (including phenoxy) is 1. The van der Waals surface area contributed by atoms with Gasteiger partial charge in [0.25, 0.3) is 0 Å². The van der Waals surface area contributed by atoms with Crippen LogP contribution >= 0.6 is 0 Å². The highest BCUT2D eigenvalue weighted by atomic mass is 16.5. The summed E-state index contributed by atoms with van der Waals surface area (Å²) in [7, 11) is 1.34. The predicted molar refractivity (Wildman–Crippen MR) is 83.9 cm³/mol. The molecule has 4 nitrogen and oxygen atoms in total.